The van der Waals surface area contributed by atoms with Gasteiger partial charge in [0.1, 0.15) is 0 Å². The van der Waals surface area contributed by atoms with Crippen molar-refractivity contribution in [3.8, 4) is 0 Å². The molecule has 0 aliphatic rings. The maximum Gasteiger partial charge on any atom is 0.339 e. The zero-order valence-electron chi connectivity index (χ0n) is 16.9. The second-order valence-electron chi connectivity index (χ2n) is 7.33. The minimum atomic E-state index is -0.261. The van der Waals surface area contributed by atoms with Crippen molar-refractivity contribution >= 4 is 5.97 Å². The quantitative estimate of drug-likeness (QED) is 0.219. The van der Waals surface area contributed by atoms with Crippen LogP contribution in [0.15, 0.2) is 24.5 Å². The average Bonchev–Trinajstić information content (AvgIpc) is 2.68. The van der Waals surface area contributed by atoms with Crippen molar-refractivity contribution in [3.05, 3.63) is 30.1 Å². The molecule has 3 heteroatoms. The van der Waals surface area contributed by atoms with Gasteiger partial charge < -0.3 is 4.74 Å². The average molecular weight is 362 g/mol. The number of hydrogen-bond donors (Lipinski definition) is 0. The number of carbonyl (C=O) groups excluding carboxylic acids is 1. The minimum Gasteiger partial charge on any atom is -0.462 e. The van der Waals surface area contributed by atoms with Gasteiger partial charge in [0.15, 0.2) is 0 Å². The van der Waals surface area contributed by atoms with Crippen LogP contribution >= 0.6 is 0 Å². The zero-order valence-corrected chi connectivity index (χ0v) is 16.9. The number of esters is 1. The van der Waals surface area contributed by atoms with Crippen LogP contribution in [-0.2, 0) is 4.74 Å². The van der Waals surface area contributed by atoms with E-state index in [0.717, 1.165) is 12.8 Å². The van der Waals surface area contributed by atoms with Crippen molar-refractivity contribution in [1.29, 1.82) is 0 Å². The molecule has 3 nitrogen and oxygen atoms in total. The third-order valence-electron chi connectivity index (χ3n) is 4.88. The molecule has 0 aromatic carbocycles. The summed E-state index contributed by atoms with van der Waals surface area (Å²) < 4.78 is 5.26. The Hall–Kier alpha value is -1.38. The van der Waals surface area contributed by atoms with Gasteiger partial charge >= 0.3 is 5.97 Å². The second-order valence-corrected chi connectivity index (χ2v) is 7.33. The Labute approximate surface area is 160 Å². The van der Waals surface area contributed by atoms with Crippen molar-refractivity contribution in [2.24, 2.45) is 0 Å². The van der Waals surface area contributed by atoms with Crippen molar-refractivity contribution in [3.63, 3.8) is 0 Å². The van der Waals surface area contributed by atoms with Gasteiger partial charge in [-0.25, -0.2) is 4.79 Å². The van der Waals surface area contributed by atoms with Crippen LogP contribution in [0.5, 0.6) is 0 Å². The molecule has 0 saturated heterocycles. The molecule has 1 aromatic rings. The Balaban J connectivity index is 1.76. The number of aromatic nitrogens is 1. The third-order valence-corrected chi connectivity index (χ3v) is 4.88. The molecular weight excluding hydrogens is 322 g/mol. The summed E-state index contributed by atoms with van der Waals surface area (Å²) in [6, 6.07) is 3.49. The molecule has 0 atom stereocenters. The molecule has 1 rings (SSSR count). The van der Waals surface area contributed by atoms with Gasteiger partial charge in [-0.2, -0.15) is 0 Å². The zero-order chi connectivity index (χ0) is 18.7. The van der Waals surface area contributed by atoms with E-state index in [1.54, 1.807) is 24.5 Å². The Kier molecular flexibility index (Phi) is 14.9. The topological polar surface area (TPSA) is 39.2 Å². The molecule has 0 spiro atoms. The van der Waals surface area contributed by atoms with Crippen LogP contribution in [-0.4, -0.2) is 17.6 Å². The second kappa shape index (κ2) is 17.1. The molecule has 0 aliphatic heterocycles. The number of pyridine rings is 1. The third kappa shape index (κ3) is 12.9. The van der Waals surface area contributed by atoms with Gasteiger partial charge in [-0.1, -0.05) is 96.8 Å². The van der Waals surface area contributed by atoms with Crippen LogP contribution in [0.2, 0.25) is 0 Å². The van der Waals surface area contributed by atoms with E-state index < -0.39 is 0 Å². The SMILES string of the molecule is CCCCCCCCCCCCCCCCCOC(=O)c1cccnc1. The highest BCUT2D eigenvalue weighted by molar-refractivity contribution is 5.88. The van der Waals surface area contributed by atoms with Crippen LogP contribution in [0.4, 0.5) is 0 Å². The monoisotopic (exact) mass is 361 g/mol. The smallest absolute Gasteiger partial charge is 0.339 e. The predicted octanol–water partition coefficient (Wildman–Crippen LogP) is 7.11. The van der Waals surface area contributed by atoms with E-state index in [0.29, 0.717) is 12.2 Å². The van der Waals surface area contributed by atoms with Crippen molar-refractivity contribution in [1.82, 2.24) is 4.98 Å². The number of hydrogen-bond acceptors (Lipinski definition) is 3. The molecule has 1 heterocycles. The van der Waals surface area contributed by atoms with E-state index in [-0.39, 0.29) is 5.97 Å². The van der Waals surface area contributed by atoms with Crippen molar-refractivity contribution in [2.75, 3.05) is 6.61 Å². The van der Waals surface area contributed by atoms with E-state index in [1.165, 1.54) is 83.5 Å². The highest BCUT2D eigenvalue weighted by atomic mass is 16.5. The fourth-order valence-electron chi connectivity index (χ4n) is 3.21. The summed E-state index contributed by atoms with van der Waals surface area (Å²) in [5.74, 6) is -0.261. The van der Waals surface area contributed by atoms with Crippen molar-refractivity contribution in [2.45, 2.75) is 103 Å². The molecule has 26 heavy (non-hydrogen) atoms. The van der Waals surface area contributed by atoms with Crippen LogP contribution in [0.3, 0.4) is 0 Å². The summed E-state index contributed by atoms with van der Waals surface area (Å²) in [5.41, 5.74) is 0.536. The van der Waals surface area contributed by atoms with Crippen LogP contribution < -0.4 is 0 Å². The fourth-order valence-corrected chi connectivity index (χ4v) is 3.21. The maximum absolute atomic E-state index is 11.7. The molecule has 0 amide bonds. The molecule has 0 radical (unpaired) electrons. The first kappa shape index (κ1) is 22.7. The molecule has 0 aliphatic carbocycles. The molecule has 0 saturated carbocycles. The van der Waals surface area contributed by atoms with Crippen molar-refractivity contribution < 1.29 is 9.53 Å². The molecule has 1 aromatic heterocycles. The first-order chi connectivity index (χ1) is 12.8. The van der Waals surface area contributed by atoms with Crippen LogP contribution in [0.1, 0.15) is 114 Å². The summed E-state index contributed by atoms with van der Waals surface area (Å²) in [6.07, 6.45) is 23.3. The van der Waals surface area contributed by atoms with Gasteiger partial charge in [-0.15, -0.1) is 0 Å². The van der Waals surface area contributed by atoms with Gasteiger partial charge in [0.25, 0.3) is 0 Å². The molecule has 0 fully saturated rings. The normalized spacial score (nSPS) is 10.8. The molecular formula is C23H39NO2. The molecule has 0 bridgehead atoms. The highest BCUT2D eigenvalue weighted by Gasteiger charge is 2.05. The van der Waals surface area contributed by atoms with Crippen LogP contribution in [0, 0.1) is 0 Å². The van der Waals surface area contributed by atoms with Crippen LogP contribution in [0.25, 0.3) is 0 Å². The lowest BCUT2D eigenvalue weighted by molar-refractivity contribution is 0.0497. The molecule has 0 N–H and O–H groups in total. The first-order valence-electron chi connectivity index (χ1n) is 10.9. The Morgan fingerprint density at radius 3 is 1.77 bits per heavy atom. The Bertz CT molecular complexity index is 433. The lowest BCUT2D eigenvalue weighted by Crippen LogP contribution is -2.06. The van der Waals surface area contributed by atoms with E-state index in [9.17, 15) is 4.79 Å². The fraction of sp³-hybridized carbons (Fsp3) is 0.739. The summed E-state index contributed by atoms with van der Waals surface area (Å²) in [6.45, 7) is 2.80. The molecule has 148 valence electrons. The van der Waals surface area contributed by atoms with Gasteiger partial charge in [-0.3, -0.25) is 4.98 Å². The Morgan fingerprint density at radius 2 is 1.31 bits per heavy atom. The summed E-state index contributed by atoms with van der Waals surface area (Å²) in [7, 11) is 0. The summed E-state index contributed by atoms with van der Waals surface area (Å²) in [4.78, 5) is 15.7. The number of nitrogens with zero attached hydrogens (tertiary/aromatic N) is 1. The maximum atomic E-state index is 11.7. The van der Waals surface area contributed by atoms with Gasteiger partial charge in [0.05, 0.1) is 12.2 Å². The number of unbranched alkanes of at least 4 members (excludes halogenated alkanes) is 14. The minimum absolute atomic E-state index is 0.261. The Morgan fingerprint density at radius 1 is 0.808 bits per heavy atom. The first-order valence-corrected chi connectivity index (χ1v) is 10.9. The lowest BCUT2D eigenvalue weighted by atomic mass is 10.0. The highest BCUT2D eigenvalue weighted by Crippen LogP contribution is 2.13. The molecule has 0 unspecified atom stereocenters. The number of carbonyl (C=O) groups is 1. The van der Waals surface area contributed by atoms with E-state index >= 15 is 0 Å². The standard InChI is InChI=1S/C23H39NO2/c1-2-3-4-5-6-7-8-9-10-11-12-13-14-15-16-20-26-23(25)22-18-17-19-24-21-22/h17-19,21H,2-16,20H2,1H3. The van der Waals surface area contributed by atoms with Gasteiger partial charge in [0.2, 0.25) is 0 Å². The number of rotatable bonds is 17. The predicted molar refractivity (Wildman–Crippen MR) is 109 cm³/mol. The van der Waals surface area contributed by atoms with E-state index in [2.05, 4.69) is 11.9 Å². The summed E-state index contributed by atoms with van der Waals surface area (Å²) in [5, 5.41) is 0. The number of ether oxygens (including phenoxy) is 1. The van der Waals surface area contributed by atoms with Gasteiger partial charge in [-0.05, 0) is 18.6 Å². The van der Waals surface area contributed by atoms with Gasteiger partial charge in [0, 0.05) is 12.4 Å². The lowest BCUT2D eigenvalue weighted by Gasteiger charge is -2.05. The van der Waals surface area contributed by atoms with E-state index in [4.69, 9.17) is 4.74 Å². The largest absolute Gasteiger partial charge is 0.462 e. The van der Waals surface area contributed by atoms with E-state index in [1.807, 2.05) is 0 Å². The summed E-state index contributed by atoms with van der Waals surface area (Å²) >= 11 is 0.